The highest BCUT2D eigenvalue weighted by molar-refractivity contribution is 8.00. The fourth-order valence-corrected chi connectivity index (χ4v) is 3.99. The number of nitrogens with one attached hydrogen (secondary N) is 2. The molecule has 2 N–H and O–H groups in total. The molecule has 1 amide bonds. The van der Waals surface area contributed by atoms with Crippen molar-refractivity contribution in [2.45, 2.75) is 42.1 Å². The molecule has 1 aliphatic rings. The molecule has 32 heavy (non-hydrogen) atoms. The van der Waals surface area contributed by atoms with Crippen LogP contribution in [-0.4, -0.2) is 21.9 Å². The Labute approximate surface area is 187 Å². The van der Waals surface area contributed by atoms with E-state index >= 15 is 0 Å². The number of hydrogen-bond acceptors (Lipinski definition) is 4. The van der Waals surface area contributed by atoms with Crippen molar-refractivity contribution in [3.8, 4) is 11.4 Å². The first-order valence-corrected chi connectivity index (χ1v) is 10.7. The summed E-state index contributed by atoms with van der Waals surface area (Å²) >= 11 is -0.131. The lowest BCUT2D eigenvalue weighted by molar-refractivity contribution is -0.112. The van der Waals surface area contributed by atoms with Gasteiger partial charge in [0.25, 0.3) is 5.56 Å². The number of benzene rings is 2. The molecule has 0 unspecified atom stereocenters. The predicted molar refractivity (Wildman–Crippen MR) is 118 cm³/mol. The molecule has 0 radical (unpaired) electrons. The molecule has 0 atom stereocenters. The van der Waals surface area contributed by atoms with Crippen LogP contribution in [0.25, 0.3) is 11.4 Å². The van der Waals surface area contributed by atoms with Gasteiger partial charge >= 0.3 is 5.51 Å². The highest BCUT2D eigenvalue weighted by Crippen LogP contribution is 2.42. The minimum absolute atomic E-state index is 0.114. The third-order valence-corrected chi connectivity index (χ3v) is 5.84. The van der Waals surface area contributed by atoms with Crippen molar-refractivity contribution in [3.63, 3.8) is 0 Å². The van der Waals surface area contributed by atoms with Crippen LogP contribution >= 0.6 is 11.8 Å². The Balaban J connectivity index is 0.000000186. The van der Waals surface area contributed by atoms with E-state index in [2.05, 4.69) is 15.3 Å². The van der Waals surface area contributed by atoms with E-state index in [4.69, 9.17) is 0 Å². The SMILES string of the molecule is Cc1cc(=O)[nH]c(-c2ccccc2)n1.O=CNC1(c2ccc(SC(F)(F)F)cc2)CCC1. The van der Waals surface area contributed by atoms with Crippen molar-refractivity contribution in [1.29, 1.82) is 0 Å². The molecular weight excluding hydrogens is 439 g/mol. The van der Waals surface area contributed by atoms with Gasteiger partial charge in [-0.1, -0.05) is 42.5 Å². The van der Waals surface area contributed by atoms with Gasteiger partial charge in [-0.05, 0) is 55.6 Å². The number of carbonyl (C=O) groups is 1. The smallest absolute Gasteiger partial charge is 0.349 e. The summed E-state index contributed by atoms with van der Waals surface area (Å²) in [5, 5.41) is 2.77. The van der Waals surface area contributed by atoms with Crippen LogP contribution in [0.4, 0.5) is 13.2 Å². The Morgan fingerprint density at radius 1 is 1.09 bits per heavy atom. The number of thioether (sulfide) groups is 1. The van der Waals surface area contributed by atoms with Gasteiger partial charge in [0, 0.05) is 22.2 Å². The topological polar surface area (TPSA) is 74.8 Å². The number of alkyl halides is 3. The number of carbonyl (C=O) groups excluding carboxylic acids is 1. The van der Waals surface area contributed by atoms with Gasteiger partial charge in [0.15, 0.2) is 0 Å². The molecule has 1 fully saturated rings. The van der Waals surface area contributed by atoms with E-state index in [-0.39, 0.29) is 27.8 Å². The van der Waals surface area contributed by atoms with Gasteiger partial charge in [0.1, 0.15) is 5.82 Å². The molecule has 2 aromatic carbocycles. The average Bonchev–Trinajstić information content (AvgIpc) is 2.71. The van der Waals surface area contributed by atoms with E-state index in [1.165, 1.54) is 18.2 Å². The number of rotatable bonds is 5. The molecule has 168 valence electrons. The van der Waals surface area contributed by atoms with Crippen molar-refractivity contribution in [2.24, 2.45) is 0 Å². The van der Waals surface area contributed by atoms with Gasteiger partial charge in [-0.3, -0.25) is 9.59 Å². The van der Waals surface area contributed by atoms with Crippen LogP contribution in [0.3, 0.4) is 0 Å². The molecule has 1 aliphatic carbocycles. The number of aryl methyl sites for hydroxylation is 1. The fraction of sp³-hybridized carbons (Fsp3) is 0.261. The van der Waals surface area contributed by atoms with Gasteiger partial charge in [-0.15, -0.1) is 0 Å². The van der Waals surface area contributed by atoms with Crippen LogP contribution in [-0.2, 0) is 10.3 Å². The van der Waals surface area contributed by atoms with Gasteiger partial charge in [-0.2, -0.15) is 13.2 Å². The van der Waals surface area contributed by atoms with Crippen LogP contribution in [0.15, 0.2) is 70.4 Å². The third-order valence-electron chi connectivity index (χ3n) is 5.10. The summed E-state index contributed by atoms with van der Waals surface area (Å²) in [7, 11) is 0. The predicted octanol–water partition coefficient (Wildman–Crippen LogP) is 5.17. The number of aromatic nitrogens is 2. The fourth-order valence-electron chi connectivity index (χ4n) is 3.45. The zero-order chi connectivity index (χ0) is 23.2. The number of amides is 1. The minimum atomic E-state index is -4.27. The molecule has 1 saturated carbocycles. The standard InChI is InChI=1S/C12H12F3NOS.C11H10N2O/c13-12(14,15)18-10-4-2-9(3-5-10)11(16-8-17)6-1-7-11;1-8-7-10(14)13-11(12-8)9-5-3-2-4-6-9/h2-5,8H,1,6-7H2,(H,16,17);2-7H,1H3,(H,12,13,14). The molecule has 0 aliphatic heterocycles. The molecule has 1 aromatic heterocycles. The van der Waals surface area contributed by atoms with Gasteiger partial charge in [0.2, 0.25) is 6.41 Å². The summed E-state index contributed by atoms with van der Waals surface area (Å²) < 4.78 is 36.5. The first-order chi connectivity index (χ1) is 15.2. The third kappa shape index (κ3) is 6.23. The summed E-state index contributed by atoms with van der Waals surface area (Å²) in [5.74, 6) is 0.621. The second-order valence-corrected chi connectivity index (χ2v) is 8.51. The van der Waals surface area contributed by atoms with Crippen molar-refractivity contribution >= 4 is 18.2 Å². The Morgan fingerprint density at radius 2 is 1.75 bits per heavy atom. The molecule has 3 aromatic rings. The number of halogens is 3. The van der Waals surface area contributed by atoms with Crippen molar-refractivity contribution in [3.05, 3.63) is 82.3 Å². The van der Waals surface area contributed by atoms with Crippen LogP contribution in [0.1, 0.15) is 30.5 Å². The van der Waals surface area contributed by atoms with E-state index in [0.29, 0.717) is 12.2 Å². The Morgan fingerprint density at radius 3 is 2.25 bits per heavy atom. The Hall–Kier alpha value is -3.07. The van der Waals surface area contributed by atoms with E-state index < -0.39 is 5.51 Å². The maximum absolute atomic E-state index is 12.2. The summed E-state index contributed by atoms with van der Waals surface area (Å²) in [5.41, 5.74) is -2.23. The summed E-state index contributed by atoms with van der Waals surface area (Å²) in [6, 6.07) is 17.3. The van der Waals surface area contributed by atoms with E-state index in [0.717, 1.165) is 36.1 Å². The molecule has 0 bridgehead atoms. The van der Waals surface area contributed by atoms with Crippen molar-refractivity contribution < 1.29 is 18.0 Å². The number of aromatic amines is 1. The Kier molecular flexibility index (Phi) is 7.40. The monoisotopic (exact) mass is 461 g/mol. The minimum Gasteiger partial charge on any atom is -0.349 e. The lowest BCUT2D eigenvalue weighted by atomic mass is 9.72. The van der Waals surface area contributed by atoms with Crippen LogP contribution < -0.4 is 10.9 Å². The summed E-state index contributed by atoms with van der Waals surface area (Å²) in [4.78, 5) is 28.9. The van der Waals surface area contributed by atoms with E-state index in [1.54, 1.807) is 12.1 Å². The van der Waals surface area contributed by atoms with E-state index in [1.807, 2.05) is 37.3 Å². The highest BCUT2D eigenvalue weighted by Gasteiger charge is 2.38. The van der Waals surface area contributed by atoms with Crippen molar-refractivity contribution in [1.82, 2.24) is 15.3 Å². The van der Waals surface area contributed by atoms with Gasteiger partial charge in [-0.25, -0.2) is 4.98 Å². The average molecular weight is 462 g/mol. The van der Waals surface area contributed by atoms with Gasteiger partial charge < -0.3 is 10.3 Å². The first kappa shape index (κ1) is 23.6. The van der Waals surface area contributed by atoms with Crippen LogP contribution in [0.5, 0.6) is 0 Å². The Bertz CT molecular complexity index is 1100. The largest absolute Gasteiger partial charge is 0.446 e. The van der Waals surface area contributed by atoms with Crippen molar-refractivity contribution in [2.75, 3.05) is 0 Å². The molecule has 1 heterocycles. The molecule has 4 rings (SSSR count). The summed E-state index contributed by atoms with van der Waals surface area (Å²) in [6.45, 7) is 1.81. The van der Waals surface area contributed by atoms with E-state index in [9.17, 15) is 22.8 Å². The zero-order valence-electron chi connectivity index (χ0n) is 17.3. The normalized spacial score (nSPS) is 14.5. The number of nitrogens with zero attached hydrogens (tertiary/aromatic N) is 1. The maximum Gasteiger partial charge on any atom is 0.446 e. The number of H-pyrrole nitrogens is 1. The molecule has 5 nitrogen and oxygen atoms in total. The van der Waals surface area contributed by atoms with Gasteiger partial charge in [0.05, 0.1) is 5.54 Å². The second kappa shape index (κ2) is 10.0. The highest BCUT2D eigenvalue weighted by atomic mass is 32.2. The van der Waals surface area contributed by atoms with Crippen LogP contribution in [0.2, 0.25) is 0 Å². The zero-order valence-corrected chi connectivity index (χ0v) is 18.1. The first-order valence-electron chi connectivity index (χ1n) is 9.92. The molecule has 0 spiro atoms. The second-order valence-electron chi connectivity index (χ2n) is 7.37. The lowest BCUT2D eigenvalue weighted by Gasteiger charge is -2.42. The molecular formula is C23H22F3N3O2S. The lowest BCUT2D eigenvalue weighted by Crippen LogP contribution is -2.47. The maximum atomic E-state index is 12.2. The van der Waals surface area contributed by atoms with Crippen LogP contribution in [0, 0.1) is 6.92 Å². The quantitative estimate of drug-likeness (QED) is 0.406. The summed E-state index contributed by atoms with van der Waals surface area (Å²) in [6.07, 6.45) is 3.33. The molecule has 9 heteroatoms. The number of hydrogen-bond donors (Lipinski definition) is 2. The molecule has 0 saturated heterocycles.